The van der Waals surface area contributed by atoms with E-state index in [1.54, 1.807) is 11.8 Å². The third kappa shape index (κ3) is 5.06. The van der Waals surface area contributed by atoms with Crippen LogP contribution in [-0.4, -0.2) is 29.4 Å². The minimum atomic E-state index is -0.273. The highest BCUT2D eigenvalue weighted by Gasteiger charge is 2.19. The molecule has 1 amide bonds. The Morgan fingerprint density at radius 2 is 2.47 bits per heavy atom. The molecule has 0 saturated heterocycles. The van der Waals surface area contributed by atoms with Crippen LogP contribution in [0.25, 0.3) is 0 Å². The van der Waals surface area contributed by atoms with Gasteiger partial charge in [-0.05, 0) is 12.3 Å². The summed E-state index contributed by atoms with van der Waals surface area (Å²) >= 11 is 1.78. The second kappa shape index (κ2) is 6.00. The molecule has 1 aliphatic rings. The highest BCUT2D eigenvalue weighted by Crippen LogP contribution is 2.25. The summed E-state index contributed by atoms with van der Waals surface area (Å²) in [6.45, 7) is 5.93. The second-order valence-electron chi connectivity index (χ2n) is 4.16. The lowest BCUT2D eigenvalue weighted by Gasteiger charge is -2.10. The van der Waals surface area contributed by atoms with Gasteiger partial charge in [-0.15, -0.1) is 0 Å². The van der Waals surface area contributed by atoms with Crippen LogP contribution in [0, 0.1) is 5.92 Å². The summed E-state index contributed by atoms with van der Waals surface area (Å²) in [6.07, 6.45) is 1.56. The lowest BCUT2D eigenvalue weighted by atomic mass is 10.1. The number of carbonyl (C=O) groups is 1. The summed E-state index contributed by atoms with van der Waals surface area (Å²) in [6, 6.07) is 0. The molecule has 1 atom stereocenters. The van der Waals surface area contributed by atoms with Crippen LogP contribution in [0.15, 0.2) is 4.99 Å². The monoisotopic (exact) mass is 229 g/mol. The van der Waals surface area contributed by atoms with E-state index in [0.717, 1.165) is 11.7 Å². The van der Waals surface area contributed by atoms with Gasteiger partial charge in [-0.2, -0.15) is 0 Å². The predicted molar refractivity (Wildman–Crippen MR) is 65.0 cm³/mol. The van der Waals surface area contributed by atoms with Gasteiger partial charge < -0.3 is 11.1 Å². The number of hydrogen-bond acceptors (Lipinski definition) is 4. The van der Waals surface area contributed by atoms with E-state index in [1.807, 2.05) is 0 Å². The molecule has 1 unspecified atom stereocenters. The molecular weight excluding hydrogens is 210 g/mol. The first-order chi connectivity index (χ1) is 7.08. The number of nitrogens with one attached hydrogen (secondary N) is 1. The largest absolute Gasteiger partial charge is 0.370 e. The molecule has 1 rings (SSSR count). The predicted octanol–water partition coefficient (Wildman–Crippen LogP) is 0.969. The van der Waals surface area contributed by atoms with Gasteiger partial charge in [0.15, 0.2) is 5.17 Å². The zero-order chi connectivity index (χ0) is 11.3. The first-order valence-corrected chi connectivity index (χ1v) is 6.19. The SMILES string of the molecule is CC(C)CC1CN=C(NCCC(N)=O)S1. The number of nitrogens with zero attached hydrogens (tertiary/aromatic N) is 1. The van der Waals surface area contributed by atoms with Gasteiger partial charge in [0.2, 0.25) is 5.91 Å². The first-order valence-electron chi connectivity index (χ1n) is 5.31. The number of hydrogen-bond donors (Lipinski definition) is 2. The maximum atomic E-state index is 10.5. The highest BCUT2D eigenvalue weighted by molar-refractivity contribution is 8.14. The molecular formula is C10H19N3OS. The van der Waals surface area contributed by atoms with E-state index in [-0.39, 0.29) is 5.91 Å². The molecule has 0 spiro atoms. The van der Waals surface area contributed by atoms with Crippen LogP contribution in [0.2, 0.25) is 0 Å². The van der Waals surface area contributed by atoms with Gasteiger partial charge >= 0.3 is 0 Å². The molecule has 0 aromatic carbocycles. The van der Waals surface area contributed by atoms with Crippen molar-refractivity contribution in [2.45, 2.75) is 31.9 Å². The fourth-order valence-electron chi connectivity index (χ4n) is 1.46. The van der Waals surface area contributed by atoms with Crippen molar-refractivity contribution in [3.63, 3.8) is 0 Å². The molecule has 1 aliphatic heterocycles. The van der Waals surface area contributed by atoms with Gasteiger partial charge in [0, 0.05) is 18.2 Å². The Labute approximate surface area is 95.1 Å². The Balaban J connectivity index is 2.15. The summed E-state index contributed by atoms with van der Waals surface area (Å²) in [5, 5.41) is 4.69. The van der Waals surface area contributed by atoms with Gasteiger partial charge in [0.05, 0.1) is 6.54 Å². The van der Waals surface area contributed by atoms with E-state index in [0.29, 0.717) is 24.1 Å². The Morgan fingerprint density at radius 3 is 3.07 bits per heavy atom. The molecule has 0 bridgehead atoms. The van der Waals surface area contributed by atoms with Gasteiger partial charge in [-0.1, -0.05) is 25.6 Å². The van der Waals surface area contributed by atoms with Crippen molar-refractivity contribution in [1.82, 2.24) is 5.32 Å². The summed E-state index contributed by atoms with van der Waals surface area (Å²) in [5.74, 6) is 0.437. The van der Waals surface area contributed by atoms with E-state index >= 15 is 0 Å². The van der Waals surface area contributed by atoms with Gasteiger partial charge in [0.1, 0.15) is 0 Å². The Hall–Kier alpha value is -0.710. The van der Waals surface area contributed by atoms with E-state index < -0.39 is 0 Å². The summed E-state index contributed by atoms with van der Waals surface area (Å²) in [4.78, 5) is 14.9. The van der Waals surface area contributed by atoms with Crippen LogP contribution in [-0.2, 0) is 4.79 Å². The van der Waals surface area contributed by atoms with Crippen LogP contribution < -0.4 is 11.1 Å². The van der Waals surface area contributed by atoms with Gasteiger partial charge in [-0.25, -0.2) is 0 Å². The molecule has 5 heteroatoms. The lowest BCUT2D eigenvalue weighted by molar-refractivity contribution is -0.117. The molecule has 0 aromatic heterocycles. The van der Waals surface area contributed by atoms with Crippen molar-refractivity contribution in [3.05, 3.63) is 0 Å². The number of amides is 1. The molecule has 1 heterocycles. The molecule has 0 aliphatic carbocycles. The molecule has 15 heavy (non-hydrogen) atoms. The molecule has 3 N–H and O–H groups in total. The standard InChI is InChI=1S/C10H19N3OS/c1-7(2)5-8-6-13-10(15-8)12-4-3-9(11)14/h7-8H,3-6H2,1-2H3,(H2,11,14)(H,12,13). The van der Waals surface area contributed by atoms with Crippen molar-refractivity contribution in [1.29, 1.82) is 0 Å². The normalized spacial score (nSPS) is 20.5. The minimum absolute atomic E-state index is 0.273. The van der Waals surface area contributed by atoms with Gasteiger partial charge in [-0.3, -0.25) is 9.79 Å². The molecule has 0 fully saturated rings. The van der Waals surface area contributed by atoms with Crippen molar-refractivity contribution < 1.29 is 4.79 Å². The van der Waals surface area contributed by atoms with Crippen molar-refractivity contribution >= 4 is 22.8 Å². The highest BCUT2D eigenvalue weighted by atomic mass is 32.2. The van der Waals surface area contributed by atoms with Crippen molar-refractivity contribution in [3.8, 4) is 0 Å². The van der Waals surface area contributed by atoms with E-state index in [9.17, 15) is 4.79 Å². The average molecular weight is 229 g/mol. The molecule has 0 saturated carbocycles. The van der Waals surface area contributed by atoms with Crippen LogP contribution >= 0.6 is 11.8 Å². The van der Waals surface area contributed by atoms with Crippen LogP contribution in [0.5, 0.6) is 0 Å². The number of thioether (sulfide) groups is 1. The number of aliphatic imine (C=N–C) groups is 1. The zero-order valence-electron chi connectivity index (χ0n) is 9.32. The first kappa shape index (κ1) is 12.4. The Bertz CT molecular complexity index is 253. The second-order valence-corrected chi connectivity index (χ2v) is 5.45. The van der Waals surface area contributed by atoms with Crippen LogP contribution in [0.1, 0.15) is 26.7 Å². The quantitative estimate of drug-likeness (QED) is 0.738. The fraction of sp³-hybridized carbons (Fsp3) is 0.800. The summed E-state index contributed by atoms with van der Waals surface area (Å²) in [5.41, 5.74) is 5.04. The fourth-order valence-corrected chi connectivity index (χ4v) is 2.74. The maximum Gasteiger partial charge on any atom is 0.219 e. The Kier molecular flexibility index (Phi) is 4.94. The summed E-state index contributed by atoms with van der Waals surface area (Å²) < 4.78 is 0. The van der Waals surface area contributed by atoms with E-state index in [1.165, 1.54) is 6.42 Å². The molecule has 86 valence electrons. The van der Waals surface area contributed by atoms with Crippen molar-refractivity contribution in [2.75, 3.05) is 13.1 Å². The average Bonchev–Trinajstić information content (AvgIpc) is 2.50. The third-order valence-electron chi connectivity index (χ3n) is 2.10. The van der Waals surface area contributed by atoms with E-state index in [2.05, 4.69) is 24.2 Å². The van der Waals surface area contributed by atoms with Crippen LogP contribution in [0.4, 0.5) is 0 Å². The summed E-state index contributed by atoms with van der Waals surface area (Å²) in [7, 11) is 0. The minimum Gasteiger partial charge on any atom is -0.370 e. The molecule has 4 nitrogen and oxygen atoms in total. The van der Waals surface area contributed by atoms with Crippen LogP contribution in [0.3, 0.4) is 0 Å². The maximum absolute atomic E-state index is 10.5. The smallest absolute Gasteiger partial charge is 0.219 e. The number of nitrogens with two attached hydrogens (primary N) is 1. The lowest BCUT2D eigenvalue weighted by Crippen LogP contribution is -2.25. The van der Waals surface area contributed by atoms with E-state index in [4.69, 9.17) is 5.73 Å². The number of rotatable bonds is 5. The number of primary amides is 1. The molecule has 0 radical (unpaired) electrons. The van der Waals surface area contributed by atoms with Crippen molar-refractivity contribution in [2.24, 2.45) is 16.6 Å². The number of amidine groups is 1. The topological polar surface area (TPSA) is 67.5 Å². The third-order valence-corrected chi connectivity index (χ3v) is 3.27. The number of carbonyl (C=O) groups excluding carboxylic acids is 1. The molecule has 0 aromatic rings. The zero-order valence-corrected chi connectivity index (χ0v) is 10.1. The Morgan fingerprint density at radius 1 is 1.73 bits per heavy atom. The van der Waals surface area contributed by atoms with Gasteiger partial charge in [0.25, 0.3) is 0 Å².